The maximum absolute atomic E-state index is 5.90. The fourth-order valence-electron chi connectivity index (χ4n) is 3.13. The average molecular weight is 271 g/mol. The van der Waals surface area contributed by atoms with Crippen molar-refractivity contribution in [1.29, 1.82) is 0 Å². The number of aryl methyl sites for hydroxylation is 1. The third-order valence-corrected chi connectivity index (χ3v) is 4.38. The molecule has 0 unspecified atom stereocenters. The van der Waals surface area contributed by atoms with Gasteiger partial charge in [0.25, 0.3) is 0 Å². The monoisotopic (exact) mass is 271 g/mol. The third kappa shape index (κ3) is 2.40. The van der Waals surface area contributed by atoms with Crippen molar-refractivity contribution in [3.63, 3.8) is 0 Å². The fraction of sp³-hybridized carbons (Fsp3) is 0.533. The first-order chi connectivity index (χ1) is 9.57. The molecule has 2 N–H and O–H groups in total. The molecule has 0 spiro atoms. The summed E-state index contributed by atoms with van der Waals surface area (Å²) in [5.74, 6) is 0.822. The fourth-order valence-corrected chi connectivity index (χ4v) is 3.13. The average Bonchev–Trinajstić information content (AvgIpc) is 3.02. The van der Waals surface area contributed by atoms with Crippen LogP contribution >= 0.6 is 0 Å². The molecule has 1 saturated carbocycles. The molecule has 1 heterocycles. The summed E-state index contributed by atoms with van der Waals surface area (Å²) in [6, 6.07) is 5.88. The van der Waals surface area contributed by atoms with Crippen molar-refractivity contribution in [2.75, 3.05) is 5.73 Å². The van der Waals surface area contributed by atoms with E-state index in [1.54, 1.807) is 0 Å². The van der Waals surface area contributed by atoms with Crippen molar-refractivity contribution >= 4 is 5.69 Å². The number of anilines is 1. The Bertz CT molecular complexity index is 610. The quantitative estimate of drug-likeness (QED) is 0.871. The molecule has 20 heavy (non-hydrogen) atoms. The first-order valence-corrected chi connectivity index (χ1v) is 7.20. The minimum absolute atomic E-state index is 0.318. The Hall–Kier alpha value is -1.91. The summed E-state index contributed by atoms with van der Waals surface area (Å²) in [5, 5.41) is 12.3. The van der Waals surface area contributed by atoms with Crippen LogP contribution in [0.1, 0.15) is 38.2 Å². The van der Waals surface area contributed by atoms with Gasteiger partial charge in [0.15, 0.2) is 5.82 Å². The van der Waals surface area contributed by atoms with Crippen LogP contribution in [0.2, 0.25) is 0 Å². The first-order valence-electron chi connectivity index (χ1n) is 7.20. The van der Waals surface area contributed by atoms with E-state index in [9.17, 15) is 0 Å². The molecule has 106 valence electrons. The van der Waals surface area contributed by atoms with E-state index in [-0.39, 0.29) is 0 Å². The summed E-state index contributed by atoms with van der Waals surface area (Å²) in [4.78, 5) is 0. The summed E-state index contributed by atoms with van der Waals surface area (Å²) in [6.07, 6.45) is 5.13. The van der Waals surface area contributed by atoms with Gasteiger partial charge in [-0.1, -0.05) is 25.8 Å². The van der Waals surface area contributed by atoms with Crippen molar-refractivity contribution < 1.29 is 0 Å². The standard InChI is InChI=1S/C15H21N5/c1-11-5-6-12(16)9-13(11)14-17-18-19-20(14)10-15(2)7-3-4-8-15/h5-6,9H,3-4,7-8,10,16H2,1-2H3. The Morgan fingerprint density at radius 3 is 2.80 bits per heavy atom. The lowest BCUT2D eigenvalue weighted by Gasteiger charge is -2.23. The van der Waals surface area contributed by atoms with Gasteiger partial charge in [0.1, 0.15) is 0 Å². The zero-order valence-corrected chi connectivity index (χ0v) is 12.1. The molecule has 1 aromatic carbocycles. The van der Waals surface area contributed by atoms with E-state index in [4.69, 9.17) is 5.73 Å². The third-order valence-electron chi connectivity index (χ3n) is 4.38. The summed E-state index contributed by atoms with van der Waals surface area (Å²) >= 11 is 0. The number of hydrogen-bond donors (Lipinski definition) is 1. The number of tetrazole rings is 1. The Labute approximate surface area is 119 Å². The Morgan fingerprint density at radius 1 is 1.30 bits per heavy atom. The molecule has 1 aromatic heterocycles. The maximum atomic E-state index is 5.90. The second-order valence-corrected chi connectivity index (χ2v) is 6.25. The molecule has 1 aliphatic carbocycles. The first kappa shape index (κ1) is 13.1. The molecule has 0 saturated heterocycles. The Balaban J connectivity index is 1.95. The number of nitrogen functional groups attached to an aromatic ring is 1. The molecule has 0 atom stereocenters. The van der Waals surface area contributed by atoms with Gasteiger partial charge in [0.05, 0.1) is 6.54 Å². The lowest BCUT2D eigenvalue weighted by atomic mass is 9.89. The molecular formula is C15H21N5. The molecule has 1 aliphatic rings. The van der Waals surface area contributed by atoms with Gasteiger partial charge < -0.3 is 5.73 Å². The minimum Gasteiger partial charge on any atom is -0.399 e. The highest BCUT2D eigenvalue weighted by molar-refractivity contribution is 5.65. The van der Waals surface area contributed by atoms with Gasteiger partial charge in [-0.3, -0.25) is 0 Å². The van der Waals surface area contributed by atoms with Crippen LogP contribution in [0.25, 0.3) is 11.4 Å². The molecule has 2 aromatic rings. The SMILES string of the molecule is Cc1ccc(N)cc1-c1nnnn1CC1(C)CCCC1. The van der Waals surface area contributed by atoms with Gasteiger partial charge in [-0.05, 0) is 53.3 Å². The predicted octanol–water partition coefficient (Wildman–Crippen LogP) is 2.81. The highest BCUT2D eigenvalue weighted by atomic mass is 15.5. The van der Waals surface area contributed by atoms with E-state index in [1.165, 1.54) is 25.7 Å². The molecule has 0 aliphatic heterocycles. The number of benzene rings is 1. The zero-order valence-electron chi connectivity index (χ0n) is 12.1. The van der Waals surface area contributed by atoms with Crippen LogP contribution in [0.15, 0.2) is 18.2 Å². The second-order valence-electron chi connectivity index (χ2n) is 6.25. The van der Waals surface area contributed by atoms with Gasteiger partial charge in [0, 0.05) is 11.3 Å². The van der Waals surface area contributed by atoms with Gasteiger partial charge in [-0.25, -0.2) is 4.68 Å². The molecule has 3 rings (SSSR count). The van der Waals surface area contributed by atoms with Crippen LogP contribution in [-0.4, -0.2) is 20.2 Å². The van der Waals surface area contributed by atoms with Crippen molar-refractivity contribution in [3.8, 4) is 11.4 Å². The van der Waals surface area contributed by atoms with Crippen molar-refractivity contribution in [1.82, 2.24) is 20.2 Å². The Kier molecular flexibility index (Phi) is 3.20. The van der Waals surface area contributed by atoms with Gasteiger partial charge in [0.2, 0.25) is 0 Å². The van der Waals surface area contributed by atoms with Crippen LogP contribution in [0.4, 0.5) is 5.69 Å². The largest absolute Gasteiger partial charge is 0.399 e. The van der Waals surface area contributed by atoms with Crippen molar-refractivity contribution in [2.45, 2.75) is 46.1 Å². The molecular weight excluding hydrogens is 250 g/mol. The van der Waals surface area contributed by atoms with Gasteiger partial charge in [-0.2, -0.15) is 0 Å². The molecule has 1 fully saturated rings. The summed E-state index contributed by atoms with van der Waals surface area (Å²) in [7, 11) is 0. The molecule has 0 amide bonds. The van der Waals surface area contributed by atoms with E-state index in [2.05, 4.69) is 29.4 Å². The highest BCUT2D eigenvalue weighted by Gasteiger charge is 2.30. The number of rotatable bonds is 3. The highest BCUT2D eigenvalue weighted by Crippen LogP contribution is 2.39. The van der Waals surface area contributed by atoms with E-state index in [0.717, 1.165) is 29.2 Å². The predicted molar refractivity (Wildman–Crippen MR) is 79.0 cm³/mol. The van der Waals surface area contributed by atoms with E-state index in [1.807, 2.05) is 22.9 Å². The maximum Gasteiger partial charge on any atom is 0.182 e. The van der Waals surface area contributed by atoms with Crippen LogP contribution in [0.3, 0.4) is 0 Å². The number of aromatic nitrogens is 4. The second kappa shape index (κ2) is 4.89. The van der Waals surface area contributed by atoms with E-state index < -0.39 is 0 Å². The number of nitrogens with zero attached hydrogens (tertiary/aromatic N) is 4. The zero-order chi connectivity index (χ0) is 14.2. The normalized spacial score (nSPS) is 17.5. The lowest BCUT2D eigenvalue weighted by Crippen LogP contribution is -2.21. The van der Waals surface area contributed by atoms with Crippen LogP contribution in [-0.2, 0) is 6.54 Å². The minimum atomic E-state index is 0.318. The summed E-state index contributed by atoms with van der Waals surface area (Å²) in [5.41, 5.74) is 9.13. The van der Waals surface area contributed by atoms with E-state index >= 15 is 0 Å². The van der Waals surface area contributed by atoms with Crippen molar-refractivity contribution in [3.05, 3.63) is 23.8 Å². The topological polar surface area (TPSA) is 69.6 Å². The molecule has 5 nitrogen and oxygen atoms in total. The molecule has 0 bridgehead atoms. The lowest BCUT2D eigenvalue weighted by molar-refractivity contribution is 0.267. The smallest absolute Gasteiger partial charge is 0.182 e. The summed E-state index contributed by atoms with van der Waals surface area (Å²) in [6.45, 7) is 5.27. The van der Waals surface area contributed by atoms with E-state index in [0.29, 0.717) is 5.41 Å². The van der Waals surface area contributed by atoms with Gasteiger partial charge >= 0.3 is 0 Å². The molecule has 5 heteroatoms. The van der Waals surface area contributed by atoms with Crippen molar-refractivity contribution in [2.24, 2.45) is 5.41 Å². The summed E-state index contributed by atoms with van der Waals surface area (Å²) < 4.78 is 1.94. The Morgan fingerprint density at radius 2 is 2.05 bits per heavy atom. The number of nitrogens with two attached hydrogens (primary N) is 1. The van der Waals surface area contributed by atoms with Crippen LogP contribution in [0.5, 0.6) is 0 Å². The van der Waals surface area contributed by atoms with Crippen LogP contribution < -0.4 is 5.73 Å². The number of hydrogen-bond acceptors (Lipinski definition) is 4. The van der Waals surface area contributed by atoms with Gasteiger partial charge in [-0.15, -0.1) is 5.10 Å². The molecule has 0 radical (unpaired) electrons. The van der Waals surface area contributed by atoms with Crippen LogP contribution in [0, 0.1) is 12.3 Å².